The zero-order chi connectivity index (χ0) is 13.1. The van der Waals surface area contributed by atoms with Gasteiger partial charge in [-0.05, 0) is 41.6 Å². The normalized spacial score (nSPS) is 14.0. The second-order valence-corrected chi connectivity index (χ2v) is 6.31. The van der Waals surface area contributed by atoms with Crippen LogP contribution >= 0.6 is 11.3 Å². The highest BCUT2D eigenvalue weighted by molar-refractivity contribution is 7.09. The number of benzene rings is 1. The first-order chi connectivity index (χ1) is 9.31. The maximum atomic E-state index is 3.40. The average molecular weight is 272 g/mol. The van der Waals surface area contributed by atoms with E-state index in [0.717, 1.165) is 32.6 Å². The summed E-state index contributed by atoms with van der Waals surface area (Å²) in [5.41, 5.74) is 4.37. The van der Waals surface area contributed by atoms with E-state index in [4.69, 9.17) is 0 Å². The number of likely N-dealkylation sites (N-methyl/N-ethyl adjacent to an activating group) is 1. The molecule has 1 aromatic heterocycles. The van der Waals surface area contributed by atoms with Crippen molar-refractivity contribution < 1.29 is 0 Å². The summed E-state index contributed by atoms with van der Waals surface area (Å²) in [5, 5.41) is 5.56. The Morgan fingerprint density at radius 3 is 2.95 bits per heavy atom. The van der Waals surface area contributed by atoms with E-state index in [9.17, 15) is 0 Å². The lowest BCUT2D eigenvalue weighted by Gasteiger charge is -2.16. The summed E-state index contributed by atoms with van der Waals surface area (Å²) in [5.74, 6) is 0. The van der Waals surface area contributed by atoms with Crippen LogP contribution < -0.4 is 5.32 Å². The van der Waals surface area contributed by atoms with Crippen LogP contribution in [0.3, 0.4) is 0 Å². The molecule has 1 aromatic carbocycles. The van der Waals surface area contributed by atoms with Gasteiger partial charge in [-0.25, -0.2) is 0 Å². The Hall–Kier alpha value is -1.16. The molecule has 0 saturated carbocycles. The molecule has 0 saturated heterocycles. The van der Waals surface area contributed by atoms with Crippen molar-refractivity contribution in [3.63, 3.8) is 0 Å². The first-order valence-corrected chi connectivity index (χ1v) is 7.71. The summed E-state index contributed by atoms with van der Waals surface area (Å²) in [6.45, 7) is 4.22. The Bertz CT molecular complexity index is 534. The lowest BCUT2D eigenvalue weighted by Crippen LogP contribution is -2.20. The molecular formula is C16H20N2S. The fourth-order valence-electron chi connectivity index (χ4n) is 2.59. The van der Waals surface area contributed by atoms with Gasteiger partial charge in [0.15, 0.2) is 0 Å². The third kappa shape index (κ3) is 3.24. The summed E-state index contributed by atoms with van der Waals surface area (Å²) in [6, 6.07) is 11.3. The summed E-state index contributed by atoms with van der Waals surface area (Å²) >= 11 is 1.85. The Labute approximate surface area is 119 Å². The Morgan fingerprint density at radius 1 is 1.21 bits per heavy atom. The van der Waals surface area contributed by atoms with Crippen molar-refractivity contribution in [3.05, 3.63) is 57.3 Å². The van der Waals surface area contributed by atoms with Crippen LogP contribution in [0.25, 0.3) is 0 Å². The number of nitrogens with one attached hydrogen (secondary N) is 1. The fourth-order valence-corrected chi connectivity index (χ4v) is 3.29. The minimum atomic E-state index is 1.03. The van der Waals surface area contributed by atoms with Gasteiger partial charge in [0.2, 0.25) is 0 Å². The molecule has 0 bridgehead atoms. The number of rotatable bonds is 5. The van der Waals surface area contributed by atoms with E-state index in [1.807, 2.05) is 11.3 Å². The van der Waals surface area contributed by atoms with Gasteiger partial charge in [0.25, 0.3) is 0 Å². The molecule has 3 rings (SSSR count). The second-order valence-electron chi connectivity index (χ2n) is 5.27. The predicted molar refractivity (Wildman–Crippen MR) is 81.3 cm³/mol. The van der Waals surface area contributed by atoms with E-state index in [1.54, 1.807) is 0 Å². The summed E-state index contributed by atoms with van der Waals surface area (Å²) in [4.78, 5) is 3.88. The van der Waals surface area contributed by atoms with Crippen molar-refractivity contribution >= 4 is 11.3 Å². The van der Waals surface area contributed by atoms with Crippen molar-refractivity contribution in [1.82, 2.24) is 10.2 Å². The van der Waals surface area contributed by atoms with E-state index in [0.29, 0.717) is 0 Å². The molecule has 1 aliphatic rings. The molecule has 0 spiro atoms. The zero-order valence-corrected chi connectivity index (χ0v) is 12.2. The first kappa shape index (κ1) is 12.9. The Balaban J connectivity index is 1.55. The molecule has 2 nitrogen and oxygen atoms in total. The van der Waals surface area contributed by atoms with Crippen molar-refractivity contribution in [3.8, 4) is 0 Å². The van der Waals surface area contributed by atoms with Crippen molar-refractivity contribution in [2.24, 2.45) is 0 Å². The van der Waals surface area contributed by atoms with E-state index < -0.39 is 0 Å². The van der Waals surface area contributed by atoms with Crippen molar-refractivity contribution in [1.29, 1.82) is 0 Å². The first-order valence-electron chi connectivity index (χ1n) is 6.83. The van der Waals surface area contributed by atoms with Crippen molar-refractivity contribution in [2.75, 3.05) is 13.6 Å². The lowest BCUT2D eigenvalue weighted by atomic mass is 10.1. The number of fused-ring (bicyclic) bond motifs is 1. The monoisotopic (exact) mass is 272 g/mol. The second kappa shape index (κ2) is 5.87. The summed E-state index contributed by atoms with van der Waals surface area (Å²) in [7, 11) is 2.21. The van der Waals surface area contributed by atoms with Gasteiger partial charge in [-0.1, -0.05) is 24.3 Å². The van der Waals surface area contributed by atoms with Crippen LogP contribution in [0.4, 0.5) is 0 Å². The van der Waals surface area contributed by atoms with Crippen molar-refractivity contribution in [2.45, 2.75) is 26.1 Å². The lowest BCUT2D eigenvalue weighted by molar-refractivity contribution is 0.332. The molecular weight excluding hydrogens is 252 g/mol. The van der Waals surface area contributed by atoms with E-state index in [1.165, 1.54) is 21.6 Å². The largest absolute Gasteiger partial charge is 0.309 e. The van der Waals surface area contributed by atoms with Crippen LogP contribution in [0.15, 0.2) is 35.7 Å². The number of nitrogens with zero attached hydrogens (tertiary/aromatic N) is 1. The molecule has 1 aliphatic heterocycles. The standard InChI is InChI=1S/C16H20N2S/c1-18(7-6-16-3-2-8-19-16)12-13-4-5-14-10-17-11-15(14)9-13/h2-5,8-9,17H,6-7,10-12H2,1H3. The van der Waals surface area contributed by atoms with E-state index in [-0.39, 0.29) is 0 Å². The summed E-state index contributed by atoms with van der Waals surface area (Å²) in [6.07, 6.45) is 1.15. The molecule has 3 heteroatoms. The third-order valence-corrected chi connectivity index (χ3v) is 4.61. The van der Waals surface area contributed by atoms with Crippen LogP contribution in [0.5, 0.6) is 0 Å². The highest BCUT2D eigenvalue weighted by Crippen LogP contribution is 2.18. The SMILES string of the molecule is CN(CCc1cccs1)Cc1ccc2c(c1)CNC2. The molecule has 0 fully saturated rings. The molecule has 2 heterocycles. The summed E-state index contributed by atoms with van der Waals surface area (Å²) < 4.78 is 0. The van der Waals surface area contributed by atoms with Gasteiger partial charge in [-0.3, -0.25) is 0 Å². The predicted octanol–water partition coefficient (Wildman–Crippen LogP) is 3.03. The highest BCUT2D eigenvalue weighted by atomic mass is 32.1. The van der Waals surface area contributed by atoms with Crippen LogP contribution in [-0.2, 0) is 26.1 Å². The van der Waals surface area contributed by atoms with Gasteiger partial charge < -0.3 is 10.2 Å². The minimum absolute atomic E-state index is 1.03. The molecule has 1 N–H and O–H groups in total. The number of thiophene rings is 1. The van der Waals surface area contributed by atoms with Gasteiger partial charge in [0, 0.05) is 31.1 Å². The Morgan fingerprint density at radius 2 is 2.11 bits per heavy atom. The molecule has 0 amide bonds. The van der Waals surface area contributed by atoms with Gasteiger partial charge in [-0.2, -0.15) is 0 Å². The minimum Gasteiger partial charge on any atom is -0.309 e. The molecule has 100 valence electrons. The van der Waals surface area contributed by atoms with Gasteiger partial charge >= 0.3 is 0 Å². The molecule has 19 heavy (non-hydrogen) atoms. The van der Waals surface area contributed by atoms with Crippen LogP contribution in [0, 0.1) is 0 Å². The van der Waals surface area contributed by atoms with Crippen LogP contribution in [0.2, 0.25) is 0 Å². The molecule has 0 unspecified atom stereocenters. The topological polar surface area (TPSA) is 15.3 Å². The smallest absolute Gasteiger partial charge is 0.0230 e. The van der Waals surface area contributed by atoms with E-state index >= 15 is 0 Å². The maximum absolute atomic E-state index is 3.40. The average Bonchev–Trinajstić information content (AvgIpc) is 3.07. The van der Waals surface area contributed by atoms with E-state index in [2.05, 4.69) is 53.0 Å². The highest BCUT2D eigenvalue weighted by Gasteiger charge is 2.10. The zero-order valence-electron chi connectivity index (χ0n) is 11.4. The fraction of sp³-hybridized carbons (Fsp3) is 0.375. The Kier molecular flexibility index (Phi) is 3.97. The quantitative estimate of drug-likeness (QED) is 0.900. The number of hydrogen-bond donors (Lipinski definition) is 1. The molecule has 0 aliphatic carbocycles. The maximum Gasteiger partial charge on any atom is 0.0230 e. The third-order valence-electron chi connectivity index (χ3n) is 3.67. The number of hydrogen-bond acceptors (Lipinski definition) is 3. The van der Waals surface area contributed by atoms with Gasteiger partial charge in [-0.15, -0.1) is 11.3 Å². The van der Waals surface area contributed by atoms with Gasteiger partial charge in [0.05, 0.1) is 0 Å². The molecule has 0 atom stereocenters. The molecule has 0 radical (unpaired) electrons. The van der Waals surface area contributed by atoms with Crippen LogP contribution in [-0.4, -0.2) is 18.5 Å². The van der Waals surface area contributed by atoms with Crippen LogP contribution in [0.1, 0.15) is 21.6 Å². The van der Waals surface area contributed by atoms with Gasteiger partial charge in [0.1, 0.15) is 0 Å². The molecule has 2 aromatic rings.